The molecule has 2 nitrogen and oxygen atoms in total. The molecule has 0 aliphatic heterocycles. The van der Waals surface area contributed by atoms with E-state index in [1.807, 2.05) is 18.3 Å². The van der Waals surface area contributed by atoms with Gasteiger partial charge in [-0.3, -0.25) is 4.98 Å². The van der Waals surface area contributed by atoms with E-state index in [1.165, 1.54) is 5.57 Å². The van der Waals surface area contributed by atoms with Gasteiger partial charge in [-0.2, -0.15) is 0 Å². The number of aromatic nitrogens is 1. The normalized spacial score (nSPS) is 20.5. The molecular formula is C13H15NO. The number of pyridine rings is 1. The lowest BCUT2D eigenvalue weighted by Crippen LogP contribution is -2.05. The Kier molecular flexibility index (Phi) is 2.86. The van der Waals surface area contributed by atoms with Gasteiger partial charge in [0, 0.05) is 17.8 Å². The topological polar surface area (TPSA) is 22.1 Å². The van der Waals surface area contributed by atoms with E-state index in [0.29, 0.717) is 5.92 Å². The fourth-order valence-electron chi connectivity index (χ4n) is 1.87. The standard InChI is InChI=1S/C13H15NO/c1-10-7-11(9-12(8-10)15-2)13-5-3-4-6-14-13/h3-6,8-9,11H,7H2,1-2H3. The van der Waals surface area contributed by atoms with Gasteiger partial charge >= 0.3 is 0 Å². The highest BCUT2D eigenvalue weighted by molar-refractivity contribution is 5.30. The van der Waals surface area contributed by atoms with Crippen LogP contribution in [0.2, 0.25) is 0 Å². The molecule has 0 saturated heterocycles. The predicted octanol–water partition coefficient (Wildman–Crippen LogP) is 3.05. The Balaban J connectivity index is 2.26. The maximum atomic E-state index is 5.27. The van der Waals surface area contributed by atoms with E-state index >= 15 is 0 Å². The summed E-state index contributed by atoms with van der Waals surface area (Å²) in [4.78, 5) is 4.38. The highest BCUT2D eigenvalue weighted by Crippen LogP contribution is 2.29. The van der Waals surface area contributed by atoms with E-state index in [4.69, 9.17) is 4.74 Å². The Bertz CT molecular complexity index is 392. The van der Waals surface area contributed by atoms with Crippen LogP contribution in [-0.4, -0.2) is 12.1 Å². The molecule has 0 saturated carbocycles. The smallest absolute Gasteiger partial charge is 0.115 e. The van der Waals surface area contributed by atoms with Crippen LogP contribution in [0.25, 0.3) is 0 Å². The molecule has 0 radical (unpaired) electrons. The zero-order chi connectivity index (χ0) is 10.7. The zero-order valence-electron chi connectivity index (χ0n) is 9.10. The average molecular weight is 201 g/mol. The van der Waals surface area contributed by atoms with Crippen molar-refractivity contribution in [2.75, 3.05) is 7.11 Å². The number of methoxy groups -OCH3 is 1. The Morgan fingerprint density at radius 2 is 2.27 bits per heavy atom. The van der Waals surface area contributed by atoms with Crippen molar-refractivity contribution >= 4 is 0 Å². The highest BCUT2D eigenvalue weighted by atomic mass is 16.5. The first kappa shape index (κ1) is 9.97. The molecule has 1 aromatic heterocycles. The molecule has 1 aliphatic carbocycles. The lowest BCUT2D eigenvalue weighted by atomic mass is 9.91. The van der Waals surface area contributed by atoms with Crippen LogP contribution in [0.1, 0.15) is 25.0 Å². The Hall–Kier alpha value is -1.57. The molecule has 0 bridgehead atoms. The minimum Gasteiger partial charge on any atom is -0.497 e. The van der Waals surface area contributed by atoms with E-state index in [1.54, 1.807) is 7.11 Å². The van der Waals surface area contributed by atoms with Gasteiger partial charge in [0.05, 0.1) is 7.11 Å². The molecule has 0 spiro atoms. The fraction of sp³-hybridized carbons (Fsp3) is 0.308. The number of ether oxygens (including phenoxy) is 1. The quantitative estimate of drug-likeness (QED) is 0.733. The van der Waals surface area contributed by atoms with Crippen LogP contribution in [0, 0.1) is 0 Å². The lowest BCUT2D eigenvalue weighted by Gasteiger charge is -2.18. The van der Waals surface area contributed by atoms with Crippen LogP contribution in [0.4, 0.5) is 0 Å². The highest BCUT2D eigenvalue weighted by Gasteiger charge is 2.15. The van der Waals surface area contributed by atoms with Gasteiger partial charge in [-0.15, -0.1) is 0 Å². The van der Waals surface area contributed by atoms with Crippen molar-refractivity contribution in [1.29, 1.82) is 0 Å². The summed E-state index contributed by atoms with van der Waals surface area (Å²) in [6.45, 7) is 2.13. The number of nitrogens with zero attached hydrogens (tertiary/aromatic N) is 1. The van der Waals surface area contributed by atoms with E-state index < -0.39 is 0 Å². The maximum absolute atomic E-state index is 5.27. The molecular weight excluding hydrogens is 186 g/mol. The summed E-state index contributed by atoms with van der Waals surface area (Å²) < 4.78 is 5.27. The molecule has 1 atom stereocenters. The van der Waals surface area contributed by atoms with Crippen molar-refractivity contribution in [1.82, 2.24) is 4.98 Å². The first-order valence-corrected chi connectivity index (χ1v) is 5.13. The SMILES string of the molecule is COC1=CC(c2ccccn2)CC(C)=C1. The molecule has 15 heavy (non-hydrogen) atoms. The minimum absolute atomic E-state index is 0.353. The van der Waals surface area contributed by atoms with Gasteiger partial charge in [-0.05, 0) is 37.6 Å². The molecule has 0 amide bonds. The van der Waals surface area contributed by atoms with Crippen LogP contribution < -0.4 is 0 Å². The van der Waals surface area contributed by atoms with Gasteiger partial charge in [-0.25, -0.2) is 0 Å². The second-order valence-electron chi connectivity index (χ2n) is 3.83. The molecule has 1 unspecified atom stereocenters. The number of hydrogen-bond donors (Lipinski definition) is 0. The van der Waals surface area contributed by atoms with Gasteiger partial charge in [0.1, 0.15) is 5.76 Å². The Labute approximate surface area is 90.3 Å². The van der Waals surface area contributed by atoms with Crippen molar-refractivity contribution in [3.63, 3.8) is 0 Å². The third kappa shape index (κ3) is 2.27. The first-order chi connectivity index (χ1) is 7.29. The molecule has 0 fully saturated rings. The summed E-state index contributed by atoms with van der Waals surface area (Å²) in [6.07, 6.45) is 7.09. The summed E-state index contributed by atoms with van der Waals surface area (Å²) in [6, 6.07) is 6.03. The van der Waals surface area contributed by atoms with Gasteiger partial charge < -0.3 is 4.74 Å². The van der Waals surface area contributed by atoms with Gasteiger partial charge in [0.15, 0.2) is 0 Å². The van der Waals surface area contributed by atoms with Gasteiger partial charge in [0.25, 0.3) is 0 Å². The molecule has 2 rings (SSSR count). The minimum atomic E-state index is 0.353. The second kappa shape index (κ2) is 4.30. The maximum Gasteiger partial charge on any atom is 0.115 e. The second-order valence-corrected chi connectivity index (χ2v) is 3.83. The monoisotopic (exact) mass is 201 g/mol. The largest absolute Gasteiger partial charge is 0.497 e. The van der Waals surface area contributed by atoms with E-state index in [9.17, 15) is 0 Å². The zero-order valence-corrected chi connectivity index (χ0v) is 9.10. The number of hydrogen-bond acceptors (Lipinski definition) is 2. The van der Waals surface area contributed by atoms with Gasteiger partial charge in [0.2, 0.25) is 0 Å². The molecule has 0 N–H and O–H groups in total. The van der Waals surface area contributed by atoms with E-state index in [0.717, 1.165) is 17.9 Å². The van der Waals surface area contributed by atoms with Crippen LogP contribution >= 0.6 is 0 Å². The van der Waals surface area contributed by atoms with E-state index in [-0.39, 0.29) is 0 Å². The molecule has 1 aromatic rings. The summed E-state index contributed by atoms with van der Waals surface area (Å²) in [7, 11) is 1.70. The van der Waals surface area contributed by atoms with Crippen molar-refractivity contribution < 1.29 is 4.74 Å². The summed E-state index contributed by atoms with van der Waals surface area (Å²) in [5.74, 6) is 1.29. The molecule has 1 aliphatic rings. The molecule has 1 heterocycles. The van der Waals surface area contributed by atoms with Crippen molar-refractivity contribution in [3.8, 4) is 0 Å². The van der Waals surface area contributed by atoms with Crippen molar-refractivity contribution in [2.45, 2.75) is 19.3 Å². The average Bonchev–Trinajstić information content (AvgIpc) is 2.29. The molecule has 78 valence electrons. The fourth-order valence-corrected chi connectivity index (χ4v) is 1.87. The third-order valence-corrected chi connectivity index (χ3v) is 2.60. The Morgan fingerprint density at radius 1 is 1.40 bits per heavy atom. The Morgan fingerprint density at radius 3 is 2.93 bits per heavy atom. The van der Waals surface area contributed by atoms with E-state index in [2.05, 4.69) is 30.1 Å². The van der Waals surface area contributed by atoms with Crippen LogP contribution in [0.3, 0.4) is 0 Å². The third-order valence-electron chi connectivity index (χ3n) is 2.60. The molecule has 0 aromatic carbocycles. The summed E-state index contributed by atoms with van der Waals surface area (Å²) in [5.41, 5.74) is 2.45. The number of rotatable bonds is 2. The molecule has 2 heteroatoms. The van der Waals surface area contributed by atoms with Crippen LogP contribution in [0.5, 0.6) is 0 Å². The van der Waals surface area contributed by atoms with Crippen LogP contribution in [-0.2, 0) is 4.74 Å². The van der Waals surface area contributed by atoms with Crippen molar-refractivity contribution in [3.05, 3.63) is 53.6 Å². The van der Waals surface area contributed by atoms with Gasteiger partial charge in [-0.1, -0.05) is 11.6 Å². The first-order valence-electron chi connectivity index (χ1n) is 5.13. The van der Waals surface area contributed by atoms with Crippen molar-refractivity contribution in [2.24, 2.45) is 0 Å². The van der Waals surface area contributed by atoms with Crippen LogP contribution in [0.15, 0.2) is 47.9 Å². The number of allylic oxidation sites excluding steroid dienone is 3. The predicted molar refractivity (Wildman–Crippen MR) is 60.4 cm³/mol. The lowest BCUT2D eigenvalue weighted by molar-refractivity contribution is 0.301. The summed E-state index contributed by atoms with van der Waals surface area (Å²) in [5, 5.41) is 0. The summed E-state index contributed by atoms with van der Waals surface area (Å²) >= 11 is 0.